The Morgan fingerprint density at radius 1 is 0.971 bits per heavy atom. The van der Waals surface area contributed by atoms with E-state index in [1.807, 2.05) is 0 Å². The van der Waals surface area contributed by atoms with Crippen LogP contribution in [0.1, 0.15) is 64.2 Å². The lowest BCUT2D eigenvalue weighted by Gasteiger charge is -2.47. The molecule has 0 bridgehead atoms. The molecule has 2 aliphatic carbocycles. The van der Waals surface area contributed by atoms with E-state index in [1.165, 1.54) is 0 Å². The average molecular weight is 492 g/mol. The Morgan fingerprint density at radius 3 is 2.35 bits per heavy atom. The molecule has 4 fully saturated rings. The van der Waals surface area contributed by atoms with Crippen LogP contribution in [0, 0.1) is 17.8 Å². The fourth-order valence-corrected chi connectivity index (χ4v) is 6.33. The lowest BCUT2D eigenvalue weighted by Crippen LogP contribution is -2.65. The van der Waals surface area contributed by atoms with Gasteiger partial charge in [-0.2, -0.15) is 0 Å². The first kappa shape index (κ1) is 26.1. The highest BCUT2D eigenvalue weighted by molar-refractivity contribution is 5.66. The van der Waals surface area contributed by atoms with Crippen LogP contribution in [0.2, 0.25) is 0 Å². The number of hydrogen-bond acceptors (Lipinski definition) is 6. The van der Waals surface area contributed by atoms with E-state index in [0.717, 1.165) is 64.6 Å². The Hall–Kier alpha value is -0.940. The predicted octanol–water partition coefficient (Wildman–Crippen LogP) is 3.34. The van der Waals surface area contributed by atoms with E-state index in [1.54, 1.807) is 0 Å². The highest BCUT2D eigenvalue weighted by Gasteiger charge is 2.38. The van der Waals surface area contributed by atoms with Crippen LogP contribution in [0.25, 0.3) is 0 Å². The number of nitrogens with one attached hydrogen (secondary N) is 2. The molecule has 4 aliphatic rings. The maximum Gasteiger partial charge on any atom is 0.522 e. The lowest BCUT2D eigenvalue weighted by molar-refractivity contribution is -0.345. The summed E-state index contributed by atoms with van der Waals surface area (Å²) >= 11 is 0. The molecule has 4 rings (SSSR count). The summed E-state index contributed by atoms with van der Waals surface area (Å²) in [6, 6.07) is 0.498. The fourth-order valence-electron chi connectivity index (χ4n) is 6.33. The number of carbonyl (C=O) groups is 1. The van der Waals surface area contributed by atoms with Crippen LogP contribution in [0.5, 0.6) is 0 Å². The van der Waals surface area contributed by atoms with Crippen molar-refractivity contribution in [1.29, 1.82) is 0 Å². The van der Waals surface area contributed by atoms with Crippen molar-refractivity contribution in [3.8, 4) is 0 Å². The minimum atomic E-state index is -4.53. The Labute approximate surface area is 200 Å². The quantitative estimate of drug-likeness (QED) is 0.480. The monoisotopic (exact) mass is 491 g/mol. The molecule has 2 saturated heterocycles. The van der Waals surface area contributed by atoms with Gasteiger partial charge in [0, 0.05) is 32.3 Å². The van der Waals surface area contributed by atoms with Gasteiger partial charge in [0.1, 0.15) is 0 Å². The lowest BCUT2D eigenvalue weighted by atomic mass is 9.82. The number of ether oxygens (including phenoxy) is 2. The Morgan fingerprint density at radius 2 is 1.68 bits per heavy atom. The molecule has 2 saturated carbocycles. The number of carboxylic acids is 1. The van der Waals surface area contributed by atoms with Gasteiger partial charge in [0.15, 0.2) is 0 Å². The van der Waals surface area contributed by atoms with E-state index in [9.17, 15) is 18.0 Å². The van der Waals surface area contributed by atoms with Crippen molar-refractivity contribution in [2.24, 2.45) is 17.8 Å². The Kier molecular flexibility index (Phi) is 9.12. The third-order valence-corrected chi connectivity index (χ3v) is 8.31. The summed E-state index contributed by atoms with van der Waals surface area (Å²) in [6.45, 7) is 4.17. The minimum Gasteiger partial charge on any atom is -0.481 e. The first-order valence-electron chi connectivity index (χ1n) is 13.0. The van der Waals surface area contributed by atoms with E-state index >= 15 is 0 Å². The van der Waals surface area contributed by atoms with Crippen molar-refractivity contribution in [3.05, 3.63) is 0 Å². The number of alkyl halides is 3. The molecule has 0 aromatic rings. The fraction of sp³-hybridized carbons (Fsp3) is 0.958. The highest BCUT2D eigenvalue weighted by Crippen LogP contribution is 2.34. The Balaban J connectivity index is 1.10. The first-order chi connectivity index (χ1) is 16.2. The Bertz CT molecular complexity index is 652. The van der Waals surface area contributed by atoms with E-state index in [2.05, 4.69) is 20.3 Å². The maximum absolute atomic E-state index is 12.4. The minimum absolute atomic E-state index is 0.208. The van der Waals surface area contributed by atoms with Crippen molar-refractivity contribution in [3.63, 3.8) is 0 Å². The molecule has 0 radical (unpaired) electrons. The molecule has 0 aromatic heterocycles. The largest absolute Gasteiger partial charge is 0.522 e. The van der Waals surface area contributed by atoms with Crippen LogP contribution in [-0.2, 0) is 14.3 Å². The van der Waals surface area contributed by atoms with Gasteiger partial charge in [-0.3, -0.25) is 14.8 Å². The smallest absolute Gasteiger partial charge is 0.481 e. The van der Waals surface area contributed by atoms with Crippen molar-refractivity contribution in [2.75, 3.05) is 32.8 Å². The van der Waals surface area contributed by atoms with Crippen molar-refractivity contribution >= 4 is 5.97 Å². The molecule has 7 nitrogen and oxygen atoms in total. The molecule has 196 valence electrons. The van der Waals surface area contributed by atoms with Crippen LogP contribution < -0.4 is 10.6 Å². The number of nitrogens with zero attached hydrogens (tertiary/aromatic N) is 1. The normalized spacial score (nSPS) is 37.8. The van der Waals surface area contributed by atoms with Crippen LogP contribution in [0.15, 0.2) is 0 Å². The van der Waals surface area contributed by atoms with Crippen molar-refractivity contribution in [2.45, 2.75) is 95.0 Å². The van der Waals surface area contributed by atoms with Crippen LogP contribution in [0.4, 0.5) is 13.2 Å². The number of fused-ring (bicyclic) bond motifs is 1. The third kappa shape index (κ3) is 7.78. The third-order valence-electron chi connectivity index (χ3n) is 8.31. The average Bonchev–Trinajstić information content (AvgIpc) is 2.81. The molecule has 3 atom stereocenters. The maximum atomic E-state index is 12.4. The van der Waals surface area contributed by atoms with Gasteiger partial charge in [-0.25, -0.2) is 0 Å². The van der Waals surface area contributed by atoms with Crippen molar-refractivity contribution in [1.82, 2.24) is 15.5 Å². The van der Waals surface area contributed by atoms with Gasteiger partial charge in [0.2, 0.25) is 0 Å². The molecular weight excluding hydrogens is 451 g/mol. The first-order valence-corrected chi connectivity index (χ1v) is 13.0. The van der Waals surface area contributed by atoms with Gasteiger partial charge in [-0.05, 0) is 82.1 Å². The molecule has 0 spiro atoms. The van der Waals surface area contributed by atoms with Crippen molar-refractivity contribution < 1.29 is 32.5 Å². The molecule has 3 unspecified atom stereocenters. The number of hydrogen-bond donors (Lipinski definition) is 3. The standard InChI is InChI=1S/C24H40F3N3O4/c25-24(26,27)34-20-5-1-16(2-6-20)15-33-19-7-3-17(4-8-19)23-28-13-18-14-30(12-10-22(31)32)11-9-21(18)29-23/h16-21,23,28-29H,1-15H2,(H,31,32). The van der Waals surface area contributed by atoms with Gasteiger partial charge in [-0.15, -0.1) is 13.2 Å². The molecule has 0 aromatic carbocycles. The zero-order valence-electron chi connectivity index (χ0n) is 19.9. The van der Waals surface area contributed by atoms with Crippen LogP contribution >= 0.6 is 0 Å². The van der Waals surface area contributed by atoms with E-state index in [-0.39, 0.29) is 12.5 Å². The molecule has 2 aliphatic heterocycles. The highest BCUT2D eigenvalue weighted by atomic mass is 19.4. The van der Waals surface area contributed by atoms with Gasteiger partial charge in [0.25, 0.3) is 0 Å². The molecule has 0 amide bonds. The summed E-state index contributed by atoms with van der Waals surface area (Å²) in [5, 5.41) is 16.5. The van der Waals surface area contributed by atoms with E-state index in [4.69, 9.17) is 9.84 Å². The summed E-state index contributed by atoms with van der Waals surface area (Å²) in [7, 11) is 0. The van der Waals surface area contributed by atoms with Gasteiger partial charge in [-0.1, -0.05) is 0 Å². The zero-order chi connectivity index (χ0) is 24.1. The molecule has 34 heavy (non-hydrogen) atoms. The summed E-state index contributed by atoms with van der Waals surface area (Å²) in [6.07, 6.45) is 3.33. The van der Waals surface area contributed by atoms with Crippen LogP contribution in [-0.4, -0.2) is 79.5 Å². The molecule has 3 N–H and O–H groups in total. The number of aliphatic carboxylic acids is 1. The second-order valence-electron chi connectivity index (χ2n) is 10.7. The predicted molar refractivity (Wildman–Crippen MR) is 120 cm³/mol. The van der Waals surface area contributed by atoms with E-state index in [0.29, 0.717) is 56.0 Å². The molecule has 2 heterocycles. The number of rotatable bonds is 8. The number of carboxylic acid groups (broad SMARTS) is 1. The van der Waals surface area contributed by atoms with E-state index < -0.39 is 18.4 Å². The topological polar surface area (TPSA) is 83.1 Å². The number of likely N-dealkylation sites (tertiary alicyclic amines) is 1. The summed E-state index contributed by atoms with van der Waals surface area (Å²) in [5.41, 5.74) is 0. The second kappa shape index (κ2) is 11.9. The van der Waals surface area contributed by atoms with Gasteiger partial charge in [0.05, 0.1) is 24.8 Å². The molecular formula is C24H40F3N3O4. The zero-order valence-corrected chi connectivity index (χ0v) is 19.9. The number of piperidine rings is 1. The van der Waals surface area contributed by atoms with Gasteiger partial charge >= 0.3 is 12.3 Å². The second-order valence-corrected chi connectivity index (χ2v) is 10.7. The summed E-state index contributed by atoms with van der Waals surface area (Å²) < 4.78 is 47.5. The number of halogens is 3. The SMILES string of the molecule is O=C(O)CCN1CCC2NC(C3CCC(OCC4CCC(OC(F)(F)F)CC4)CC3)NCC2C1. The summed E-state index contributed by atoms with van der Waals surface area (Å²) in [4.78, 5) is 13.1. The summed E-state index contributed by atoms with van der Waals surface area (Å²) in [5.74, 6) is 0.714. The van der Waals surface area contributed by atoms with Gasteiger partial charge < -0.3 is 20.1 Å². The van der Waals surface area contributed by atoms with Crippen LogP contribution in [0.3, 0.4) is 0 Å². The molecule has 10 heteroatoms.